The van der Waals surface area contributed by atoms with Crippen LogP contribution in [0.1, 0.15) is 17.7 Å². The SMILES string of the molecule is O=C(CCc1c(-c2ccc(F)cc2)[nH]c2ccccc12)Nc1cnn(Cc2cn3ccccc3n2)c1. The van der Waals surface area contributed by atoms with Gasteiger partial charge in [0.15, 0.2) is 0 Å². The number of benzene rings is 2. The number of anilines is 1. The Kier molecular flexibility index (Phi) is 5.53. The highest BCUT2D eigenvalue weighted by Crippen LogP contribution is 2.31. The maximum atomic E-state index is 13.5. The number of carbonyl (C=O) groups excluding carboxylic acids is 1. The van der Waals surface area contributed by atoms with Gasteiger partial charge in [0.05, 0.1) is 24.1 Å². The van der Waals surface area contributed by atoms with Gasteiger partial charge in [0.2, 0.25) is 5.91 Å². The summed E-state index contributed by atoms with van der Waals surface area (Å²) in [5, 5.41) is 8.37. The summed E-state index contributed by atoms with van der Waals surface area (Å²) in [7, 11) is 0. The van der Waals surface area contributed by atoms with E-state index in [1.165, 1.54) is 12.1 Å². The molecular weight excluding hydrogens is 455 g/mol. The molecule has 8 heteroatoms. The Morgan fingerprint density at radius 2 is 1.83 bits per heavy atom. The van der Waals surface area contributed by atoms with Crippen LogP contribution in [-0.4, -0.2) is 30.1 Å². The van der Waals surface area contributed by atoms with E-state index in [4.69, 9.17) is 0 Å². The van der Waals surface area contributed by atoms with E-state index in [1.54, 1.807) is 29.2 Å². The van der Waals surface area contributed by atoms with E-state index in [0.717, 1.165) is 39.1 Å². The molecule has 0 atom stereocenters. The van der Waals surface area contributed by atoms with Gasteiger partial charge in [-0.25, -0.2) is 9.37 Å². The van der Waals surface area contributed by atoms with Crippen LogP contribution in [0.5, 0.6) is 0 Å². The third-order valence-corrected chi connectivity index (χ3v) is 6.20. The van der Waals surface area contributed by atoms with Crippen molar-refractivity contribution < 1.29 is 9.18 Å². The van der Waals surface area contributed by atoms with E-state index in [9.17, 15) is 9.18 Å². The molecule has 0 fully saturated rings. The molecule has 6 rings (SSSR count). The van der Waals surface area contributed by atoms with Crippen LogP contribution >= 0.6 is 0 Å². The Morgan fingerprint density at radius 3 is 2.69 bits per heavy atom. The van der Waals surface area contributed by atoms with Gasteiger partial charge < -0.3 is 14.7 Å². The van der Waals surface area contributed by atoms with Crippen LogP contribution in [0.2, 0.25) is 0 Å². The zero-order valence-corrected chi connectivity index (χ0v) is 19.4. The van der Waals surface area contributed by atoms with Crippen LogP contribution in [0, 0.1) is 5.82 Å². The van der Waals surface area contributed by atoms with Gasteiger partial charge in [-0.3, -0.25) is 9.48 Å². The minimum absolute atomic E-state index is 0.0994. The van der Waals surface area contributed by atoms with Crippen LogP contribution < -0.4 is 5.32 Å². The van der Waals surface area contributed by atoms with Gasteiger partial charge in [0.1, 0.15) is 11.5 Å². The number of pyridine rings is 1. The molecule has 178 valence electrons. The molecule has 6 aromatic rings. The number of hydrogen-bond acceptors (Lipinski definition) is 3. The number of hydrogen-bond donors (Lipinski definition) is 2. The lowest BCUT2D eigenvalue weighted by Crippen LogP contribution is -2.12. The number of aromatic amines is 1. The number of aryl methyl sites for hydroxylation is 1. The van der Waals surface area contributed by atoms with Crippen molar-refractivity contribution in [1.82, 2.24) is 24.1 Å². The Balaban J connectivity index is 1.15. The standard InChI is InChI=1S/C28H23FN6O/c29-20-10-8-19(9-11-20)28-24(23-5-1-2-6-25(23)33-28)12-13-27(36)32-21-15-30-35(17-21)18-22-16-34-14-4-3-7-26(34)31-22/h1-11,14-17,33H,12-13,18H2,(H,32,36). The number of imidazole rings is 1. The minimum atomic E-state index is -0.280. The molecule has 4 heterocycles. The molecule has 0 aliphatic carbocycles. The van der Waals surface area contributed by atoms with Crippen molar-refractivity contribution in [3.8, 4) is 11.3 Å². The quantitative estimate of drug-likeness (QED) is 0.321. The first-order valence-electron chi connectivity index (χ1n) is 11.7. The minimum Gasteiger partial charge on any atom is -0.354 e. The third kappa shape index (κ3) is 4.36. The van der Waals surface area contributed by atoms with Crippen molar-refractivity contribution in [2.24, 2.45) is 0 Å². The average molecular weight is 479 g/mol. The van der Waals surface area contributed by atoms with Crippen molar-refractivity contribution in [2.75, 3.05) is 5.32 Å². The van der Waals surface area contributed by atoms with Crippen LogP contribution in [0.15, 0.2) is 91.5 Å². The number of aromatic nitrogens is 5. The fourth-order valence-corrected chi connectivity index (χ4v) is 4.53. The van der Waals surface area contributed by atoms with Crippen molar-refractivity contribution in [2.45, 2.75) is 19.4 Å². The summed E-state index contributed by atoms with van der Waals surface area (Å²) in [5.41, 5.74) is 6.22. The van der Waals surface area contributed by atoms with Crippen molar-refractivity contribution in [3.63, 3.8) is 0 Å². The molecule has 0 aliphatic heterocycles. The van der Waals surface area contributed by atoms with Gasteiger partial charge in [0, 0.05) is 41.6 Å². The fourth-order valence-electron chi connectivity index (χ4n) is 4.53. The molecule has 0 radical (unpaired) electrons. The molecule has 0 bridgehead atoms. The zero-order chi connectivity index (χ0) is 24.5. The van der Waals surface area contributed by atoms with Gasteiger partial charge in [-0.15, -0.1) is 0 Å². The van der Waals surface area contributed by atoms with Crippen LogP contribution in [0.25, 0.3) is 27.8 Å². The lowest BCUT2D eigenvalue weighted by Gasteiger charge is -2.06. The first-order chi connectivity index (χ1) is 17.6. The Morgan fingerprint density at radius 1 is 1.00 bits per heavy atom. The molecule has 36 heavy (non-hydrogen) atoms. The van der Waals surface area contributed by atoms with Crippen LogP contribution in [0.4, 0.5) is 10.1 Å². The van der Waals surface area contributed by atoms with Gasteiger partial charge in [-0.05, 0) is 60.0 Å². The van der Waals surface area contributed by atoms with Crippen molar-refractivity contribution in [3.05, 3.63) is 109 Å². The summed E-state index contributed by atoms with van der Waals surface area (Å²) in [5.74, 6) is -0.380. The molecule has 0 spiro atoms. The molecule has 4 aromatic heterocycles. The number of halogens is 1. The number of rotatable bonds is 7. The van der Waals surface area contributed by atoms with Crippen molar-refractivity contribution >= 4 is 28.1 Å². The van der Waals surface area contributed by atoms with E-state index in [2.05, 4.69) is 20.4 Å². The van der Waals surface area contributed by atoms with Gasteiger partial charge in [-0.2, -0.15) is 5.10 Å². The zero-order valence-electron chi connectivity index (χ0n) is 19.4. The van der Waals surface area contributed by atoms with E-state index in [1.807, 2.05) is 59.3 Å². The fraction of sp³-hybridized carbons (Fsp3) is 0.107. The summed E-state index contributed by atoms with van der Waals surface area (Å²) in [4.78, 5) is 20.8. The number of nitrogens with zero attached hydrogens (tertiary/aromatic N) is 4. The summed E-state index contributed by atoms with van der Waals surface area (Å²) in [6.45, 7) is 0.508. The topological polar surface area (TPSA) is 80.0 Å². The highest BCUT2D eigenvalue weighted by molar-refractivity contribution is 5.93. The van der Waals surface area contributed by atoms with Crippen LogP contribution in [-0.2, 0) is 17.8 Å². The van der Waals surface area contributed by atoms with E-state index < -0.39 is 0 Å². The monoisotopic (exact) mass is 478 g/mol. The highest BCUT2D eigenvalue weighted by Gasteiger charge is 2.15. The second-order valence-corrected chi connectivity index (χ2v) is 8.70. The maximum Gasteiger partial charge on any atom is 0.224 e. The first-order valence-corrected chi connectivity index (χ1v) is 11.7. The number of nitrogens with one attached hydrogen (secondary N) is 2. The summed E-state index contributed by atoms with van der Waals surface area (Å²) in [6.07, 6.45) is 8.21. The van der Waals surface area contributed by atoms with Gasteiger partial charge in [-0.1, -0.05) is 24.3 Å². The number of para-hydroxylation sites is 1. The van der Waals surface area contributed by atoms with Gasteiger partial charge >= 0.3 is 0 Å². The average Bonchev–Trinajstić information content (AvgIpc) is 3.60. The second-order valence-electron chi connectivity index (χ2n) is 8.70. The summed E-state index contributed by atoms with van der Waals surface area (Å²) in [6, 6.07) is 20.2. The summed E-state index contributed by atoms with van der Waals surface area (Å²) < 4.78 is 17.2. The van der Waals surface area contributed by atoms with Crippen molar-refractivity contribution in [1.29, 1.82) is 0 Å². The first kappa shape index (κ1) is 21.8. The van der Waals surface area contributed by atoms with E-state index in [-0.39, 0.29) is 11.7 Å². The Labute approximate surface area is 206 Å². The third-order valence-electron chi connectivity index (χ3n) is 6.20. The second kappa shape index (κ2) is 9.14. The predicted molar refractivity (Wildman–Crippen MR) is 137 cm³/mol. The number of H-pyrrole nitrogens is 1. The molecule has 0 saturated carbocycles. The largest absolute Gasteiger partial charge is 0.354 e. The Hall–Kier alpha value is -4.72. The van der Waals surface area contributed by atoms with E-state index in [0.29, 0.717) is 25.1 Å². The highest BCUT2D eigenvalue weighted by atomic mass is 19.1. The molecular formula is C28H23FN6O. The molecule has 0 saturated heterocycles. The molecule has 2 N–H and O–H groups in total. The Bertz CT molecular complexity index is 1640. The summed E-state index contributed by atoms with van der Waals surface area (Å²) >= 11 is 0. The molecule has 7 nitrogen and oxygen atoms in total. The lowest BCUT2D eigenvalue weighted by molar-refractivity contribution is -0.116. The van der Waals surface area contributed by atoms with E-state index >= 15 is 0 Å². The maximum absolute atomic E-state index is 13.5. The van der Waals surface area contributed by atoms with Gasteiger partial charge in [0.25, 0.3) is 0 Å². The molecule has 0 unspecified atom stereocenters. The smallest absolute Gasteiger partial charge is 0.224 e. The molecule has 0 aliphatic rings. The number of amides is 1. The molecule has 2 aromatic carbocycles. The van der Waals surface area contributed by atoms with Crippen LogP contribution in [0.3, 0.4) is 0 Å². The molecule has 1 amide bonds. The number of fused-ring (bicyclic) bond motifs is 2. The normalized spacial score (nSPS) is 11.4. The number of carbonyl (C=O) groups is 1. The lowest BCUT2D eigenvalue weighted by atomic mass is 10.0. The predicted octanol–water partition coefficient (Wildman–Crippen LogP) is 5.44.